The molecule has 6 aromatic rings. The largest absolute Gasteiger partial charge is 0.507 e. The lowest BCUT2D eigenvalue weighted by Crippen LogP contribution is -2.48. The first kappa shape index (κ1) is 40.2. The summed E-state index contributed by atoms with van der Waals surface area (Å²) in [6.45, 7) is 10.9. The van der Waals surface area contributed by atoms with Crippen LogP contribution in [0.5, 0.6) is 11.6 Å². The maximum Gasteiger partial charge on any atom is 0.254 e. The van der Waals surface area contributed by atoms with Crippen molar-refractivity contribution in [3.63, 3.8) is 0 Å². The van der Waals surface area contributed by atoms with Gasteiger partial charge in [0.1, 0.15) is 23.2 Å². The summed E-state index contributed by atoms with van der Waals surface area (Å²) in [4.78, 5) is 37.1. The summed E-state index contributed by atoms with van der Waals surface area (Å²) in [7, 11) is 2.05. The Bertz CT molecular complexity index is 2440. The summed E-state index contributed by atoms with van der Waals surface area (Å²) >= 11 is 1.59. The third-order valence-corrected chi connectivity index (χ3v) is 12.6. The summed E-state index contributed by atoms with van der Waals surface area (Å²) < 4.78 is 13.8. The smallest absolute Gasteiger partial charge is 0.254 e. The van der Waals surface area contributed by atoms with Crippen molar-refractivity contribution in [2.75, 3.05) is 32.8 Å². The molecule has 3 N–H and O–H groups in total. The second-order valence-corrected chi connectivity index (χ2v) is 17.0. The molecular formula is C44H50N8O6S. The minimum absolute atomic E-state index is 0.0570. The molecule has 8 rings (SSSR count). The molecule has 0 bridgehead atoms. The van der Waals surface area contributed by atoms with Gasteiger partial charge in [0, 0.05) is 62.9 Å². The van der Waals surface area contributed by atoms with Crippen LogP contribution in [-0.2, 0) is 16.6 Å². The van der Waals surface area contributed by atoms with Crippen LogP contribution in [0.4, 0.5) is 0 Å². The van der Waals surface area contributed by atoms with E-state index in [1.165, 1.54) is 10.6 Å². The van der Waals surface area contributed by atoms with E-state index in [4.69, 9.17) is 9.26 Å². The number of para-hydroxylation sites is 1. The van der Waals surface area contributed by atoms with Crippen molar-refractivity contribution in [1.29, 1.82) is 0 Å². The number of nitrogens with zero attached hydrogens (tertiary/aromatic N) is 7. The zero-order valence-electron chi connectivity index (χ0n) is 33.9. The van der Waals surface area contributed by atoms with Gasteiger partial charge in [-0.15, -0.1) is 21.5 Å². The fraction of sp³-hybridized carbons (Fsp3) is 0.409. The average molecular weight is 819 g/mol. The molecule has 14 nitrogen and oxygen atoms in total. The second kappa shape index (κ2) is 16.9. The third kappa shape index (κ3) is 8.32. The monoisotopic (exact) mass is 818 g/mol. The van der Waals surface area contributed by atoms with Crippen LogP contribution in [0, 0.1) is 12.8 Å². The first-order chi connectivity index (χ1) is 28.4. The Morgan fingerprint density at radius 1 is 1.03 bits per heavy atom. The summed E-state index contributed by atoms with van der Waals surface area (Å²) in [6, 6.07) is 19.8. The van der Waals surface area contributed by atoms with Crippen LogP contribution in [0.15, 0.2) is 76.8 Å². The number of aryl methyl sites for hydroxylation is 2. The number of amides is 2. The summed E-state index contributed by atoms with van der Waals surface area (Å²) in [5.41, 5.74) is 9.11. The highest BCUT2D eigenvalue weighted by Crippen LogP contribution is 2.35. The Kier molecular flexibility index (Phi) is 11.5. The van der Waals surface area contributed by atoms with Crippen molar-refractivity contribution in [3.05, 3.63) is 95.0 Å². The molecule has 2 aliphatic rings. The van der Waals surface area contributed by atoms with E-state index in [1.54, 1.807) is 29.5 Å². The Balaban J connectivity index is 0.824. The van der Waals surface area contributed by atoms with Crippen LogP contribution >= 0.6 is 11.3 Å². The number of rotatable bonds is 14. The molecule has 0 aliphatic carbocycles. The maximum absolute atomic E-state index is 14.1. The predicted molar refractivity (Wildman–Crippen MR) is 224 cm³/mol. The van der Waals surface area contributed by atoms with E-state index < -0.39 is 18.1 Å². The van der Waals surface area contributed by atoms with Crippen LogP contribution in [0.1, 0.15) is 74.2 Å². The van der Waals surface area contributed by atoms with Gasteiger partial charge in [-0.2, -0.15) is 0 Å². The SMILES string of the molecule is Cc1ncsc1-c1ccc([C@H](C)NC(=O)[C@@H]2C[C@@H](O)CN2C(=O)[C@@H](c2cc(OCCCN3CC(c4cc5nnc(-c6ccccc6O)cc5n4C)C3)no2)C(C)C)cc1. The number of phenolic OH excluding ortho intramolecular Hbond substituents is 1. The summed E-state index contributed by atoms with van der Waals surface area (Å²) in [5, 5.41) is 37.0. The van der Waals surface area contributed by atoms with Crippen LogP contribution in [0.2, 0.25) is 0 Å². The zero-order chi connectivity index (χ0) is 41.4. The Morgan fingerprint density at radius 2 is 1.81 bits per heavy atom. The summed E-state index contributed by atoms with van der Waals surface area (Å²) in [6.07, 6.45) is 0.114. The predicted octanol–water partition coefficient (Wildman–Crippen LogP) is 6.21. The first-order valence-electron chi connectivity index (χ1n) is 20.2. The van der Waals surface area contributed by atoms with Crippen LogP contribution < -0.4 is 10.1 Å². The van der Waals surface area contributed by atoms with Crippen molar-refractivity contribution in [1.82, 2.24) is 40.0 Å². The number of nitrogens with one attached hydrogen (secondary N) is 1. The fourth-order valence-corrected chi connectivity index (χ4v) is 9.17. The molecule has 2 aliphatic heterocycles. The highest BCUT2D eigenvalue weighted by atomic mass is 32.1. The van der Waals surface area contributed by atoms with Gasteiger partial charge in [0.15, 0.2) is 5.76 Å². The van der Waals surface area contributed by atoms with E-state index >= 15 is 0 Å². The average Bonchev–Trinajstić information content (AvgIpc) is 4.01. The highest BCUT2D eigenvalue weighted by Gasteiger charge is 2.43. The van der Waals surface area contributed by atoms with Crippen molar-refractivity contribution in [3.8, 4) is 33.3 Å². The highest BCUT2D eigenvalue weighted by molar-refractivity contribution is 7.13. The van der Waals surface area contributed by atoms with E-state index in [0.29, 0.717) is 35.4 Å². The normalized spacial score (nSPS) is 18.3. The lowest BCUT2D eigenvalue weighted by molar-refractivity contribution is -0.141. The summed E-state index contributed by atoms with van der Waals surface area (Å²) in [5.74, 6) is -0.271. The van der Waals surface area contributed by atoms with Crippen molar-refractivity contribution in [2.24, 2.45) is 13.0 Å². The molecule has 6 heterocycles. The lowest BCUT2D eigenvalue weighted by Gasteiger charge is -2.39. The first-order valence-corrected chi connectivity index (χ1v) is 21.1. The Morgan fingerprint density at radius 3 is 2.54 bits per heavy atom. The molecule has 2 fully saturated rings. The molecule has 0 unspecified atom stereocenters. The van der Waals surface area contributed by atoms with Crippen LogP contribution in [0.25, 0.3) is 32.7 Å². The van der Waals surface area contributed by atoms with E-state index in [1.807, 2.05) is 82.7 Å². The number of aromatic nitrogens is 5. The number of fused-ring (bicyclic) bond motifs is 1. The van der Waals surface area contributed by atoms with Crippen molar-refractivity contribution in [2.45, 2.75) is 70.6 Å². The van der Waals surface area contributed by atoms with Gasteiger partial charge in [-0.1, -0.05) is 50.2 Å². The number of hydrogen-bond acceptors (Lipinski definition) is 12. The number of ether oxygens (including phenoxy) is 1. The quantitative estimate of drug-likeness (QED) is 0.107. The Labute approximate surface area is 346 Å². The minimum Gasteiger partial charge on any atom is -0.507 e. The number of likely N-dealkylation sites (tertiary alicyclic amines) is 2. The van der Waals surface area contributed by atoms with E-state index in [9.17, 15) is 19.8 Å². The Hall–Kier alpha value is -5.64. The van der Waals surface area contributed by atoms with Gasteiger partial charge in [0.2, 0.25) is 11.8 Å². The number of carbonyl (C=O) groups is 2. The third-order valence-electron chi connectivity index (χ3n) is 11.6. The van der Waals surface area contributed by atoms with Gasteiger partial charge < -0.3 is 39.2 Å². The fourth-order valence-electron chi connectivity index (χ4n) is 8.36. The number of thiazole rings is 1. The molecule has 4 atom stereocenters. The minimum atomic E-state index is -0.822. The van der Waals surface area contributed by atoms with E-state index in [0.717, 1.165) is 58.8 Å². The molecule has 4 aromatic heterocycles. The molecule has 0 saturated carbocycles. The number of hydrogen-bond donors (Lipinski definition) is 3. The van der Waals surface area contributed by atoms with Crippen LogP contribution in [0.3, 0.4) is 0 Å². The molecule has 2 amide bonds. The number of carbonyl (C=O) groups excluding carboxylic acids is 2. The van der Waals surface area contributed by atoms with Gasteiger partial charge in [0.25, 0.3) is 5.88 Å². The van der Waals surface area contributed by atoms with Gasteiger partial charge in [-0.25, -0.2) is 4.98 Å². The topological polar surface area (TPSA) is 172 Å². The number of aliphatic hydroxyl groups excluding tert-OH is 1. The van der Waals surface area contributed by atoms with Crippen molar-refractivity contribution >= 4 is 34.2 Å². The number of benzene rings is 2. The molecule has 15 heteroatoms. The molecule has 0 spiro atoms. The van der Waals surface area contributed by atoms with E-state index in [2.05, 4.69) is 41.2 Å². The zero-order valence-corrected chi connectivity index (χ0v) is 34.7. The van der Waals surface area contributed by atoms with E-state index in [-0.39, 0.29) is 42.5 Å². The molecule has 2 aromatic carbocycles. The van der Waals surface area contributed by atoms with Gasteiger partial charge in [-0.05, 0) is 66.7 Å². The standard InChI is InChI=1S/C44H50N8O6S/c1-25(2)41(44(56)52-23-31(53)17-37(52)43(55)46-26(3)28-11-13-29(14-12-28)42-27(4)45-24-59-42)39-20-40(49-58-39)57-16-8-15-51-21-30(22-51)35-19-34-36(50(35)5)18-33(47-48-34)32-9-6-7-10-38(32)54/h6-7,9-14,18-20,24-26,30-31,37,41,53-54H,8,15-17,21-23H2,1-5H3,(H,46,55)/t26-,31+,37-,41+/m0/s1. The molecule has 0 radical (unpaired) electrons. The molecule has 59 heavy (non-hydrogen) atoms. The molecular weight excluding hydrogens is 769 g/mol. The maximum atomic E-state index is 14.1. The van der Waals surface area contributed by atoms with Crippen LogP contribution in [-0.4, -0.2) is 102 Å². The molecule has 308 valence electrons. The van der Waals surface area contributed by atoms with Gasteiger partial charge >= 0.3 is 0 Å². The lowest BCUT2D eigenvalue weighted by atomic mass is 9.91. The molecule has 2 saturated heterocycles. The van der Waals surface area contributed by atoms with Gasteiger partial charge in [0.05, 0.1) is 46.0 Å². The van der Waals surface area contributed by atoms with Gasteiger partial charge in [-0.3, -0.25) is 9.59 Å². The number of aromatic hydroxyl groups is 1. The van der Waals surface area contributed by atoms with Crippen molar-refractivity contribution < 1.29 is 29.1 Å². The number of phenols is 1. The second-order valence-electron chi connectivity index (χ2n) is 16.1. The number of β-amino-alcohol motifs (C(OH)–C–C–N with tert-alkyl or cyclic N) is 1. The number of aliphatic hydroxyl groups is 1.